The van der Waals surface area contributed by atoms with Crippen LogP contribution in [0.15, 0.2) is 38.8 Å². The molecular weight excluding hydrogens is 202 g/mol. The maximum Gasteiger partial charge on any atom is 0.0846 e. The standard InChI is InChI=1S/C8H9N3O3.H2O/c12-9-4-6-1-7(5-10-13)3-8(2-6)11-14;/h1-2,4-5,12-14H,3H2;1H2/b9-4+,10-5+,11-8-;. The summed E-state index contributed by atoms with van der Waals surface area (Å²) in [6.45, 7) is 0. The molecule has 0 unspecified atom stereocenters. The van der Waals surface area contributed by atoms with E-state index in [0.717, 1.165) is 0 Å². The molecule has 0 saturated heterocycles. The van der Waals surface area contributed by atoms with Gasteiger partial charge in [0, 0.05) is 6.42 Å². The summed E-state index contributed by atoms with van der Waals surface area (Å²) in [5.41, 5.74) is 1.61. The van der Waals surface area contributed by atoms with Crippen LogP contribution in [0.3, 0.4) is 0 Å². The summed E-state index contributed by atoms with van der Waals surface area (Å²) in [4.78, 5) is 0. The second-order valence-corrected chi connectivity index (χ2v) is 2.62. The van der Waals surface area contributed by atoms with Crippen molar-refractivity contribution in [3.05, 3.63) is 23.3 Å². The Morgan fingerprint density at radius 2 is 1.73 bits per heavy atom. The number of allylic oxidation sites excluding steroid dienone is 4. The minimum Gasteiger partial charge on any atom is -0.412 e. The lowest BCUT2D eigenvalue weighted by molar-refractivity contribution is 0.318. The molecule has 0 aromatic heterocycles. The molecule has 82 valence electrons. The summed E-state index contributed by atoms with van der Waals surface area (Å²) >= 11 is 0. The van der Waals surface area contributed by atoms with Crippen molar-refractivity contribution >= 4 is 18.1 Å². The van der Waals surface area contributed by atoms with E-state index in [-0.39, 0.29) is 5.48 Å². The first-order chi connectivity index (χ1) is 6.80. The molecule has 0 aromatic rings. The highest BCUT2D eigenvalue weighted by molar-refractivity contribution is 6.07. The van der Waals surface area contributed by atoms with E-state index in [2.05, 4.69) is 15.5 Å². The van der Waals surface area contributed by atoms with Crippen molar-refractivity contribution in [1.82, 2.24) is 0 Å². The van der Waals surface area contributed by atoms with Crippen molar-refractivity contribution in [2.24, 2.45) is 15.5 Å². The Bertz CT molecular complexity index is 355. The molecule has 0 radical (unpaired) electrons. The van der Waals surface area contributed by atoms with Crippen LogP contribution in [0.25, 0.3) is 0 Å². The van der Waals surface area contributed by atoms with E-state index in [1.165, 1.54) is 12.4 Å². The van der Waals surface area contributed by atoms with Crippen LogP contribution >= 0.6 is 0 Å². The van der Waals surface area contributed by atoms with Gasteiger partial charge in [0.05, 0.1) is 18.1 Å². The number of oxime groups is 3. The molecule has 1 aliphatic rings. The van der Waals surface area contributed by atoms with E-state index < -0.39 is 0 Å². The minimum absolute atomic E-state index is 0. The summed E-state index contributed by atoms with van der Waals surface area (Å²) in [6, 6.07) is 0. The van der Waals surface area contributed by atoms with Crippen LogP contribution in [-0.4, -0.2) is 39.2 Å². The first-order valence-electron chi connectivity index (χ1n) is 3.78. The van der Waals surface area contributed by atoms with Gasteiger partial charge in [-0.3, -0.25) is 0 Å². The third-order valence-electron chi connectivity index (χ3n) is 1.63. The molecule has 0 heterocycles. The summed E-state index contributed by atoms with van der Waals surface area (Å²) in [7, 11) is 0. The molecule has 7 heteroatoms. The van der Waals surface area contributed by atoms with Gasteiger partial charge in [0.15, 0.2) is 0 Å². The van der Waals surface area contributed by atoms with E-state index in [0.29, 0.717) is 23.3 Å². The molecule has 15 heavy (non-hydrogen) atoms. The number of hydrogen-bond donors (Lipinski definition) is 3. The largest absolute Gasteiger partial charge is 0.412 e. The van der Waals surface area contributed by atoms with Crippen LogP contribution in [0.4, 0.5) is 0 Å². The van der Waals surface area contributed by atoms with Gasteiger partial charge in [-0.15, -0.1) is 0 Å². The second-order valence-electron chi connectivity index (χ2n) is 2.62. The highest BCUT2D eigenvalue weighted by Gasteiger charge is 2.08. The van der Waals surface area contributed by atoms with Crippen molar-refractivity contribution in [3.8, 4) is 0 Å². The Labute approximate surface area is 85.3 Å². The lowest BCUT2D eigenvalue weighted by atomic mass is 9.99. The van der Waals surface area contributed by atoms with Crippen molar-refractivity contribution in [2.45, 2.75) is 6.42 Å². The van der Waals surface area contributed by atoms with E-state index in [1.807, 2.05) is 0 Å². The molecule has 7 nitrogen and oxygen atoms in total. The molecule has 0 fully saturated rings. The van der Waals surface area contributed by atoms with Crippen molar-refractivity contribution in [3.63, 3.8) is 0 Å². The fraction of sp³-hybridized carbons (Fsp3) is 0.125. The fourth-order valence-corrected chi connectivity index (χ4v) is 1.12. The van der Waals surface area contributed by atoms with Crippen LogP contribution in [0.5, 0.6) is 0 Å². The van der Waals surface area contributed by atoms with Crippen LogP contribution < -0.4 is 0 Å². The molecule has 0 atom stereocenters. The Morgan fingerprint density at radius 1 is 1.07 bits per heavy atom. The molecule has 0 aromatic carbocycles. The highest BCUT2D eigenvalue weighted by atomic mass is 16.4. The van der Waals surface area contributed by atoms with E-state index >= 15 is 0 Å². The fourth-order valence-electron chi connectivity index (χ4n) is 1.12. The van der Waals surface area contributed by atoms with Crippen LogP contribution in [0, 0.1) is 0 Å². The summed E-state index contributed by atoms with van der Waals surface area (Å²) in [5, 5.41) is 33.9. The maximum atomic E-state index is 8.57. The number of rotatable bonds is 2. The molecule has 0 aliphatic heterocycles. The van der Waals surface area contributed by atoms with E-state index in [1.54, 1.807) is 12.2 Å². The predicted molar refractivity (Wildman–Crippen MR) is 54.2 cm³/mol. The monoisotopic (exact) mass is 213 g/mol. The molecular formula is C8H11N3O4. The van der Waals surface area contributed by atoms with Gasteiger partial charge >= 0.3 is 0 Å². The Kier molecular flexibility index (Phi) is 5.42. The predicted octanol–water partition coefficient (Wildman–Crippen LogP) is 0.168. The lowest BCUT2D eigenvalue weighted by Gasteiger charge is -2.07. The zero-order valence-electron chi connectivity index (χ0n) is 7.70. The van der Waals surface area contributed by atoms with Crippen LogP contribution in [0.1, 0.15) is 6.42 Å². The third-order valence-corrected chi connectivity index (χ3v) is 1.63. The first kappa shape index (κ1) is 12.8. The van der Waals surface area contributed by atoms with Gasteiger partial charge in [-0.25, -0.2) is 0 Å². The average Bonchev–Trinajstić information content (AvgIpc) is 2.18. The lowest BCUT2D eigenvalue weighted by Crippen LogP contribution is -2.05. The van der Waals surface area contributed by atoms with Gasteiger partial charge in [0.25, 0.3) is 0 Å². The van der Waals surface area contributed by atoms with Gasteiger partial charge in [-0.2, -0.15) is 0 Å². The van der Waals surface area contributed by atoms with Gasteiger partial charge in [-0.05, 0) is 23.3 Å². The van der Waals surface area contributed by atoms with Gasteiger partial charge in [-0.1, -0.05) is 15.5 Å². The highest BCUT2D eigenvalue weighted by Crippen LogP contribution is 2.13. The van der Waals surface area contributed by atoms with Crippen molar-refractivity contribution in [1.29, 1.82) is 0 Å². The summed E-state index contributed by atoms with van der Waals surface area (Å²) in [6.07, 6.45) is 5.98. The molecule has 0 spiro atoms. The minimum atomic E-state index is 0. The third kappa shape index (κ3) is 3.61. The van der Waals surface area contributed by atoms with Crippen molar-refractivity contribution in [2.75, 3.05) is 0 Å². The maximum absolute atomic E-state index is 8.57. The van der Waals surface area contributed by atoms with Crippen LogP contribution in [0.2, 0.25) is 0 Å². The summed E-state index contributed by atoms with van der Waals surface area (Å²) in [5.74, 6) is 0. The topological polar surface area (TPSA) is 129 Å². The number of nitrogens with zero attached hydrogens (tertiary/aromatic N) is 3. The Hall–Kier alpha value is -2.15. The zero-order valence-corrected chi connectivity index (χ0v) is 7.70. The van der Waals surface area contributed by atoms with E-state index in [4.69, 9.17) is 15.6 Å². The average molecular weight is 213 g/mol. The number of hydrogen-bond acceptors (Lipinski definition) is 6. The van der Waals surface area contributed by atoms with Gasteiger partial charge < -0.3 is 21.1 Å². The van der Waals surface area contributed by atoms with Crippen molar-refractivity contribution < 1.29 is 21.1 Å². The molecule has 5 N–H and O–H groups in total. The van der Waals surface area contributed by atoms with Gasteiger partial charge in [0.1, 0.15) is 0 Å². The molecule has 1 rings (SSSR count). The van der Waals surface area contributed by atoms with E-state index in [9.17, 15) is 0 Å². The molecule has 0 bridgehead atoms. The normalized spacial score (nSPS) is 19.1. The summed E-state index contributed by atoms with van der Waals surface area (Å²) < 4.78 is 0. The molecule has 0 amide bonds. The van der Waals surface area contributed by atoms with Gasteiger partial charge in [0.2, 0.25) is 0 Å². The Balaban J connectivity index is 0.00000196. The smallest absolute Gasteiger partial charge is 0.0846 e. The molecule has 0 saturated carbocycles. The second kappa shape index (κ2) is 6.33. The first-order valence-corrected chi connectivity index (χ1v) is 3.78. The quantitative estimate of drug-likeness (QED) is 0.343. The SMILES string of the molecule is O.O/N=C/C1=CC(=N/O)/CC(/C=N/O)=C1. The zero-order chi connectivity index (χ0) is 10.4. The Morgan fingerprint density at radius 3 is 2.27 bits per heavy atom. The van der Waals surface area contributed by atoms with Crippen LogP contribution in [-0.2, 0) is 0 Å². The molecule has 1 aliphatic carbocycles.